The third-order valence-electron chi connectivity index (χ3n) is 4.32. The van der Waals surface area contributed by atoms with Crippen LogP contribution in [0.5, 0.6) is 0 Å². The van der Waals surface area contributed by atoms with Crippen molar-refractivity contribution in [2.24, 2.45) is 5.73 Å². The third-order valence-corrected chi connectivity index (χ3v) is 4.32. The Morgan fingerprint density at radius 2 is 1.52 bits per heavy atom. The number of halogens is 3. The summed E-state index contributed by atoms with van der Waals surface area (Å²) < 4.78 is 37.8. The van der Waals surface area contributed by atoms with E-state index >= 15 is 0 Å². The molecular weight excluding hydrogens is 389 g/mol. The van der Waals surface area contributed by atoms with Crippen LogP contribution in [-0.4, -0.2) is 40.3 Å². The highest BCUT2D eigenvalue weighted by molar-refractivity contribution is 5.86. The summed E-state index contributed by atoms with van der Waals surface area (Å²) >= 11 is 0. The van der Waals surface area contributed by atoms with Gasteiger partial charge in [0, 0.05) is 12.5 Å². The Morgan fingerprint density at radius 1 is 0.966 bits per heavy atom. The molecule has 0 spiro atoms. The molecule has 0 saturated heterocycles. The molecule has 0 heterocycles. The van der Waals surface area contributed by atoms with Crippen LogP contribution in [0.25, 0.3) is 0 Å². The lowest BCUT2D eigenvalue weighted by molar-refractivity contribution is -0.143. The van der Waals surface area contributed by atoms with Gasteiger partial charge in [0.25, 0.3) is 5.91 Å². The van der Waals surface area contributed by atoms with Crippen molar-refractivity contribution in [3.8, 4) is 0 Å². The number of aliphatic hydroxyl groups is 1. The van der Waals surface area contributed by atoms with E-state index in [-0.39, 0.29) is 18.4 Å². The molecule has 2 aromatic rings. The van der Waals surface area contributed by atoms with Crippen LogP contribution < -0.4 is 11.1 Å². The highest BCUT2D eigenvalue weighted by atomic mass is 19.4. The van der Waals surface area contributed by atoms with E-state index in [1.54, 1.807) is 30.3 Å². The Bertz CT molecular complexity index is 826. The zero-order valence-electron chi connectivity index (χ0n) is 15.3. The van der Waals surface area contributed by atoms with Crippen molar-refractivity contribution in [3.05, 3.63) is 71.3 Å². The predicted molar refractivity (Wildman–Crippen MR) is 98.8 cm³/mol. The molecule has 9 heteroatoms. The number of aliphatic carboxylic acids is 1. The van der Waals surface area contributed by atoms with Gasteiger partial charge >= 0.3 is 12.1 Å². The number of carbonyl (C=O) groups excluding carboxylic acids is 1. The minimum atomic E-state index is -4.50. The van der Waals surface area contributed by atoms with E-state index in [2.05, 4.69) is 5.32 Å². The van der Waals surface area contributed by atoms with Crippen LogP contribution >= 0.6 is 0 Å². The van der Waals surface area contributed by atoms with E-state index in [0.29, 0.717) is 0 Å². The van der Waals surface area contributed by atoms with Gasteiger partial charge in [-0.3, -0.25) is 4.79 Å². The maximum absolute atomic E-state index is 12.6. The molecule has 0 aliphatic carbocycles. The number of amides is 1. The minimum Gasteiger partial charge on any atom is -0.480 e. The van der Waals surface area contributed by atoms with E-state index in [1.165, 1.54) is 0 Å². The molecule has 3 atom stereocenters. The van der Waals surface area contributed by atoms with E-state index in [9.17, 15) is 33.0 Å². The Labute approximate surface area is 165 Å². The number of benzene rings is 2. The number of carbonyl (C=O) groups is 2. The summed E-state index contributed by atoms with van der Waals surface area (Å²) in [7, 11) is 0. The molecule has 0 saturated carbocycles. The van der Waals surface area contributed by atoms with Crippen LogP contribution in [0.1, 0.15) is 16.7 Å². The van der Waals surface area contributed by atoms with Crippen LogP contribution in [-0.2, 0) is 28.6 Å². The quantitative estimate of drug-likeness (QED) is 0.530. The number of hydrogen-bond donors (Lipinski definition) is 4. The number of aliphatic hydroxyl groups excluding tert-OH is 1. The van der Waals surface area contributed by atoms with Gasteiger partial charge in [-0.15, -0.1) is 0 Å². The number of carboxylic acid groups (broad SMARTS) is 1. The first-order chi connectivity index (χ1) is 13.6. The van der Waals surface area contributed by atoms with Crippen LogP contribution in [0.2, 0.25) is 0 Å². The van der Waals surface area contributed by atoms with E-state index in [1.807, 2.05) is 0 Å². The summed E-state index contributed by atoms with van der Waals surface area (Å²) in [6.07, 6.45) is -6.20. The van der Waals surface area contributed by atoms with Gasteiger partial charge < -0.3 is 21.3 Å². The number of nitrogens with one attached hydrogen (secondary N) is 1. The van der Waals surface area contributed by atoms with Crippen LogP contribution in [0.15, 0.2) is 54.6 Å². The molecule has 0 radical (unpaired) electrons. The third kappa shape index (κ3) is 6.58. The Morgan fingerprint density at radius 3 is 2.03 bits per heavy atom. The Hall–Kier alpha value is -2.91. The normalized spacial score (nSPS) is 14.7. The van der Waals surface area contributed by atoms with Gasteiger partial charge in [0.1, 0.15) is 12.1 Å². The molecule has 0 bridgehead atoms. The summed E-state index contributed by atoms with van der Waals surface area (Å²) in [5.74, 6) is -2.35. The fraction of sp³-hybridized carbons (Fsp3) is 0.300. The Balaban J connectivity index is 2.00. The van der Waals surface area contributed by atoms with Gasteiger partial charge in [0.2, 0.25) is 0 Å². The number of alkyl halides is 3. The molecule has 6 nitrogen and oxygen atoms in total. The molecule has 1 unspecified atom stereocenters. The highest BCUT2D eigenvalue weighted by Crippen LogP contribution is 2.29. The molecule has 2 aromatic carbocycles. The number of carboxylic acids is 1. The van der Waals surface area contributed by atoms with Crippen molar-refractivity contribution in [1.82, 2.24) is 5.32 Å². The standard InChI is InChI=1S/C20H21F3N2O4/c21-20(22,23)14-8-6-13(7-9-14)11-16(19(28)29)25-18(27)17(26)15(24)10-12-4-2-1-3-5-12/h1-9,15-17,26H,10-11,24H2,(H,25,27)(H,28,29)/t15-,16?,17+/m1/s1. The van der Waals surface area contributed by atoms with E-state index < -0.39 is 41.8 Å². The molecule has 156 valence electrons. The topological polar surface area (TPSA) is 113 Å². The second kappa shape index (κ2) is 9.53. The van der Waals surface area contributed by atoms with Gasteiger partial charge in [0.15, 0.2) is 0 Å². The maximum atomic E-state index is 12.6. The monoisotopic (exact) mass is 410 g/mol. The lowest BCUT2D eigenvalue weighted by Gasteiger charge is -2.21. The van der Waals surface area contributed by atoms with E-state index in [4.69, 9.17) is 5.73 Å². The molecule has 29 heavy (non-hydrogen) atoms. The average molecular weight is 410 g/mol. The first kappa shape index (κ1) is 22.4. The van der Waals surface area contributed by atoms with Gasteiger partial charge in [-0.25, -0.2) is 4.79 Å². The summed E-state index contributed by atoms with van der Waals surface area (Å²) in [4.78, 5) is 23.7. The smallest absolute Gasteiger partial charge is 0.416 e. The number of hydrogen-bond acceptors (Lipinski definition) is 4. The van der Waals surface area contributed by atoms with Crippen molar-refractivity contribution in [2.45, 2.75) is 37.2 Å². The van der Waals surface area contributed by atoms with Crippen molar-refractivity contribution in [1.29, 1.82) is 0 Å². The summed E-state index contributed by atoms with van der Waals surface area (Å²) in [6, 6.07) is 10.5. The first-order valence-corrected chi connectivity index (χ1v) is 8.75. The molecule has 2 rings (SSSR count). The number of rotatable bonds is 8. The summed E-state index contributed by atoms with van der Waals surface area (Å²) in [5.41, 5.74) is 6.07. The van der Waals surface area contributed by atoms with Crippen molar-refractivity contribution < 1.29 is 33.0 Å². The Kier molecular flexibility index (Phi) is 7.35. The summed E-state index contributed by atoms with van der Waals surface area (Å²) in [5, 5.41) is 21.6. The lowest BCUT2D eigenvalue weighted by Crippen LogP contribution is -2.52. The second-order valence-electron chi connectivity index (χ2n) is 6.60. The van der Waals surface area contributed by atoms with Gasteiger partial charge in [0.05, 0.1) is 5.56 Å². The minimum absolute atomic E-state index is 0.200. The first-order valence-electron chi connectivity index (χ1n) is 8.75. The molecule has 0 fully saturated rings. The van der Waals surface area contributed by atoms with Gasteiger partial charge in [-0.2, -0.15) is 13.2 Å². The molecule has 0 aliphatic rings. The molecule has 0 aromatic heterocycles. The number of nitrogens with two attached hydrogens (primary N) is 1. The fourth-order valence-corrected chi connectivity index (χ4v) is 2.72. The summed E-state index contributed by atoms with van der Waals surface area (Å²) in [6.45, 7) is 0. The van der Waals surface area contributed by atoms with Gasteiger partial charge in [-0.05, 0) is 29.7 Å². The van der Waals surface area contributed by atoms with Crippen molar-refractivity contribution >= 4 is 11.9 Å². The maximum Gasteiger partial charge on any atom is 0.416 e. The zero-order chi connectivity index (χ0) is 21.6. The van der Waals surface area contributed by atoms with Crippen molar-refractivity contribution in [2.75, 3.05) is 0 Å². The van der Waals surface area contributed by atoms with E-state index in [0.717, 1.165) is 29.8 Å². The molecule has 1 amide bonds. The van der Waals surface area contributed by atoms with Crippen LogP contribution in [0.3, 0.4) is 0 Å². The largest absolute Gasteiger partial charge is 0.480 e. The second-order valence-corrected chi connectivity index (χ2v) is 6.60. The van der Waals surface area contributed by atoms with Crippen LogP contribution in [0.4, 0.5) is 13.2 Å². The van der Waals surface area contributed by atoms with Crippen LogP contribution in [0, 0.1) is 0 Å². The molecule has 0 aliphatic heterocycles. The fourth-order valence-electron chi connectivity index (χ4n) is 2.72. The molecule has 5 N–H and O–H groups in total. The molecular formula is C20H21F3N2O4. The lowest BCUT2D eigenvalue weighted by atomic mass is 10.0. The predicted octanol–water partition coefficient (Wildman–Crippen LogP) is 1.75. The highest BCUT2D eigenvalue weighted by Gasteiger charge is 2.31. The SMILES string of the molecule is N[C@H](Cc1ccccc1)[C@H](O)C(=O)NC(Cc1ccc(C(F)(F)F)cc1)C(=O)O. The van der Waals surface area contributed by atoms with Gasteiger partial charge in [-0.1, -0.05) is 42.5 Å². The van der Waals surface area contributed by atoms with Crippen molar-refractivity contribution in [3.63, 3.8) is 0 Å². The zero-order valence-corrected chi connectivity index (χ0v) is 15.3. The average Bonchev–Trinajstić information content (AvgIpc) is 2.67.